The van der Waals surface area contributed by atoms with Gasteiger partial charge >= 0.3 is 0 Å². The van der Waals surface area contributed by atoms with E-state index < -0.39 is 0 Å². The van der Waals surface area contributed by atoms with Crippen LogP contribution in [0.4, 0.5) is 11.4 Å². The fourth-order valence-electron chi connectivity index (χ4n) is 2.14. The molecule has 0 amide bonds. The van der Waals surface area contributed by atoms with Crippen LogP contribution in [-0.2, 0) is 7.05 Å². The molecule has 2 heterocycles. The van der Waals surface area contributed by atoms with E-state index in [9.17, 15) is 4.79 Å². The summed E-state index contributed by atoms with van der Waals surface area (Å²) in [6, 6.07) is 14.3. The molecule has 0 atom stereocenters. The average Bonchev–Trinajstić information content (AvgIpc) is 2.60. The Morgan fingerprint density at radius 2 is 2.00 bits per heavy atom. The molecule has 6 nitrogen and oxygen atoms in total. The molecule has 0 unspecified atom stereocenters. The van der Waals surface area contributed by atoms with Crippen molar-refractivity contribution in [3.8, 4) is 17.3 Å². The van der Waals surface area contributed by atoms with Gasteiger partial charge in [0, 0.05) is 30.7 Å². The van der Waals surface area contributed by atoms with Crippen molar-refractivity contribution in [2.75, 3.05) is 5.32 Å². The van der Waals surface area contributed by atoms with Gasteiger partial charge in [-0.25, -0.2) is 4.68 Å². The minimum absolute atomic E-state index is 0.234. The average molecular weight is 303 g/mol. The topological polar surface area (TPSA) is 83.6 Å². The Bertz CT molecular complexity index is 924. The highest BCUT2D eigenvalue weighted by Crippen LogP contribution is 2.19. The lowest BCUT2D eigenvalue weighted by Gasteiger charge is -2.09. The van der Waals surface area contributed by atoms with Crippen molar-refractivity contribution in [3.63, 3.8) is 0 Å². The smallest absolute Gasteiger partial charge is 0.290 e. The van der Waals surface area contributed by atoms with Gasteiger partial charge < -0.3 is 5.32 Å². The quantitative estimate of drug-likeness (QED) is 0.803. The number of nitrogens with one attached hydrogen (secondary N) is 1. The van der Waals surface area contributed by atoms with Crippen molar-refractivity contribution in [3.05, 3.63) is 70.8 Å². The van der Waals surface area contributed by atoms with Crippen molar-refractivity contribution < 1.29 is 0 Å². The van der Waals surface area contributed by atoms with Crippen LogP contribution in [0.1, 0.15) is 5.56 Å². The van der Waals surface area contributed by atoms with E-state index >= 15 is 0 Å². The molecule has 3 aromatic rings. The van der Waals surface area contributed by atoms with Gasteiger partial charge in [-0.2, -0.15) is 10.4 Å². The standard InChI is InChI=1S/C17H13N5O/c1-22-17(23)16(20-14-6-4-12(10-18)5-7-14)9-15(21-22)13-3-2-8-19-11-13/h2-9,11,20H,1H3. The van der Waals surface area contributed by atoms with Crippen molar-refractivity contribution in [2.45, 2.75) is 0 Å². The van der Waals surface area contributed by atoms with Gasteiger partial charge in [-0.05, 0) is 42.5 Å². The molecule has 0 saturated carbocycles. The molecular formula is C17H13N5O. The Balaban J connectivity index is 2.00. The van der Waals surface area contributed by atoms with Crippen LogP contribution in [0.25, 0.3) is 11.3 Å². The largest absolute Gasteiger partial charge is 0.351 e. The molecule has 6 heteroatoms. The summed E-state index contributed by atoms with van der Waals surface area (Å²) in [6.45, 7) is 0. The van der Waals surface area contributed by atoms with Gasteiger partial charge in [0.1, 0.15) is 5.69 Å². The Labute approximate surface area is 132 Å². The molecule has 112 valence electrons. The molecule has 0 radical (unpaired) electrons. The summed E-state index contributed by atoms with van der Waals surface area (Å²) in [5, 5.41) is 16.1. The Morgan fingerprint density at radius 3 is 2.65 bits per heavy atom. The highest BCUT2D eigenvalue weighted by Gasteiger charge is 2.08. The van der Waals surface area contributed by atoms with Crippen molar-refractivity contribution in [2.24, 2.45) is 7.05 Å². The van der Waals surface area contributed by atoms with E-state index in [2.05, 4.69) is 21.5 Å². The molecule has 0 bridgehead atoms. The van der Waals surface area contributed by atoms with Gasteiger partial charge in [0.25, 0.3) is 5.56 Å². The third-order valence-corrected chi connectivity index (χ3v) is 3.31. The van der Waals surface area contributed by atoms with Gasteiger partial charge in [-0.1, -0.05) is 0 Å². The fourth-order valence-corrected chi connectivity index (χ4v) is 2.14. The van der Waals surface area contributed by atoms with Crippen molar-refractivity contribution >= 4 is 11.4 Å². The fraction of sp³-hybridized carbons (Fsp3) is 0.0588. The lowest BCUT2D eigenvalue weighted by molar-refractivity contribution is 0.714. The summed E-state index contributed by atoms with van der Waals surface area (Å²) in [6.07, 6.45) is 3.37. The second-order valence-electron chi connectivity index (χ2n) is 4.93. The van der Waals surface area contributed by atoms with Gasteiger partial charge in [0.05, 0.1) is 17.3 Å². The third kappa shape index (κ3) is 3.09. The van der Waals surface area contributed by atoms with Crippen LogP contribution < -0.4 is 10.9 Å². The summed E-state index contributed by atoms with van der Waals surface area (Å²) in [7, 11) is 1.60. The van der Waals surface area contributed by atoms with Crippen LogP contribution >= 0.6 is 0 Å². The lowest BCUT2D eigenvalue weighted by Crippen LogP contribution is -2.22. The molecular weight excluding hydrogens is 290 g/mol. The molecule has 0 saturated heterocycles. The molecule has 0 aliphatic rings. The van der Waals surface area contributed by atoms with Crippen LogP contribution in [0.15, 0.2) is 59.7 Å². The number of pyridine rings is 1. The van der Waals surface area contributed by atoms with Gasteiger partial charge in [0.15, 0.2) is 0 Å². The minimum atomic E-state index is -0.234. The Kier molecular flexibility index (Phi) is 3.85. The van der Waals surface area contributed by atoms with Crippen LogP contribution in [0.3, 0.4) is 0 Å². The highest BCUT2D eigenvalue weighted by molar-refractivity contribution is 5.66. The van der Waals surface area contributed by atoms with E-state index in [1.807, 2.05) is 12.1 Å². The number of hydrogen-bond acceptors (Lipinski definition) is 5. The first-order valence-corrected chi connectivity index (χ1v) is 6.93. The van der Waals surface area contributed by atoms with Gasteiger partial charge in [-0.15, -0.1) is 0 Å². The molecule has 0 fully saturated rings. The van der Waals surface area contributed by atoms with Crippen molar-refractivity contribution in [1.82, 2.24) is 14.8 Å². The molecule has 1 aromatic carbocycles. The lowest BCUT2D eigenvalue weighted by atomic mass is 10.2. The molecule has 2 aromatic heterocycles. The van der Waals surface area contributed by atoms with E-state index in [0.29, 0.717) is 16.9 Å². The first-order chi connectivity index (χ1) is 11.2. The first-order valence-electron chi connectivity index (χ1n) is 6.93. The zero-order valence-electron chi connectivity index (χ0n) is 12.4. The maximum atomic E-state index is 12.2. The number of anilines is 2. The monoisotopic (exact) mass is 303 g/mol. The summed E-state index contributed by atoms with van der Waals surface area (Å²) in [5.41, 5.74) is 2.94. The molecule has 0 spiro atoms. The predicted octanol–water partition coefficient (Wildman–Crippen LogP) is 2.46. The number of nitriles is 1. The van der Waals surface area contributed by atoms with Gasteiger partial charge in [-0.3, -0.25) is 9.78 Å². The number of hydrogen-bond donors (Lipinski definition) is 1. The molecule has 0 aliphatic carbocycles. The highest BCUT2D eigenvalue weighted by atomic mass is 16.1. The second-order valence-corrected chi connectivity index (χ2v) is 4.93. The molecule has 23 heavy (non-hydrogen) atoms. The summed E-state index contributed by atoms with van der Waals surface area (Å²) in [5.74, 6) is 0. The van der Waals surface area contributed by atoms with Gasteiger partial charge in [0.2, 0.25) is 0 Å². The zero-order valence-corrected chi connectivity index (χ0v) is 12.4. The summed E-state index contributed by atoms with van der Waals surface area (Å²) in [4.78, 5) is 16.3. The molecule has 0 aliphatic heterocycles. The predicted molar refractivity (Wildman–Crippen MR) is 87.1 cm³/mol. The van der Waals surface area contributed by atoms with Crippen LogP contribution in [0.5, 0.6) is 0 Å². The number of benzene rings is 1. The van der Waals surface area contributed by atoms with E-state index in [-0.39, 0.29) is 5.56 Å². The summed E-state index contributed by atoms with van der Waals surface area (Å²) < 4.78 is 1.29. The SMILES string of the molecule is Cn1nc(-c2cccnc2)cc(Nc2ccc(C#N)cc2)c1=O. The number of aromatic nitrogens is 3. The Hall–Kier alpha value is -3.46. The van der Waals surface area contributed by atoms with Crippen LogP contribution in [0.2, 0.25) is 0 Å². The third-order valence-electron chi connectivity index (χ3n) is 3.31. The molecule has 3 rings (SSSR count). The maximum absolute atomic E-state index is 12.2. The second kappa shape index (κ2) is 6.12. The van der Waals surface area contributed by atoms with Crippen LogP contribution in [0, 0.1) is 11.3 Å². The van der Waals surface area contributed by atoms with E-state index in [1.165, 1.54) is 4.68 Å². The minimum Gasteiger partial charge on any atom is -0.351 e. The first kappa shape index (κ1) is 14.5. The zero-order chi connectivity index (χ0) is 16.2. The number of nitrogens with zero attached hydrogens (tertiary/aromatic N) is 4. The number of aryl methyl sites for hydroxylation is 1. The van der Waals surface area contributed by atoms with E-state index in [0.717, 1.165) is 11.3 Å². The maximum Gasteiger partial charge on any atom is 0.290 e. The normalized spacial score (nSPS) is 10.1. The van der Waals surface area contributed by atoms with Crippen LogP contribution in [-0.4, -0.2) is 14.8 Å². The molecule has 1 N–H and O–H groups in total. The van der Waals surface area contributed by atoms with E-state index in [1.54, 1.807) is 49.8 Å². The summed E-state index contributed by atoms with van der Waals surface area (Å²) >= 11 is 0. The van der Waals surface area contributed by atoms with E-state index in [4.69, 9.17) is 5.26 Å². The van der Waals surface area contributed by atoms with Crippen molar-refractivity contribution in [1.29, 1.82) is 5.26 Å². The number of rotatable bonds is 3. The Morgan fingerprint density at radius 1 is 1.22 bits per heavy atom.